The van der Waals surface area contributed by atoms with E-state index in [1.165, 1.54) is 11.3 Å². The molecule has 1 atom stereocenters. The van der Waals surface area contributed by atoms with Crippen LogP contribution in [0.5, 0.6) is 5.75 Å². The fourth-order valence-corrected chi connectivity index (χ4v) is 5.40. The van der Waals surface area contributed by atoms with Gasteiger partial charge in [0.15, 0.2) is 11.6 Å². The highest BCUT2D eigenvalue weighted by Crippen LogP contribution is 2.54. The van der Waals surface area contributed by atoms with Crippen molar-refractivity contribution >= 4 is 22.9 Å². The number of ketones is 2. The van der Waals surface area contributed by atoms with Crippen LogP contribution in [0.15, 0.2) is 34.1 Å². The quantitative estimate of drug-likeness (QED) is 0.748. The number of allylic oxidation sites excluding steroid dienone is 4. The number of carbonyl (C=O) groups is 2. The standard InChI is InChI=1S/C21H24O4S/c1-20(2)7-11(22)16(12(23)8-20)18-17-13(24)9-21(3,4)10-15(17)25-14-5-6-26-19(14)18/h5-6,18,22H,7-10H2,1-4H3. The number of ether oxygens (including phenoxy) is 1. The molecule has 1 unspecified atom stereocenters. The molecule has 0 saturated carbocycles. The van der Waals surface area contributed by atoms with Crippen molar-refractivity contribution in [3.63, 3.8) is 0 Å². The van der Waals surface area contributed by atoms with Gasteiger partial charge in [0.25, 0.3) is 0 Å². The van der Waals surface area contributed by atoms with Crippen molar-refractivity contribution in [1.82, 2.24) is 0 Å². The molecule has 1 aromatic heterocycles. The van der Waals surface area contributed by atoms with Gasteiger partial charge in [-0.25, -0.2) is 0 Å². The van der Waals surface area contributed by atoms with E-state index in [2.05, 4.69) is 13.8 Å². The average molecular weight is 372 g/mol. The molecule has 1 aliphatic heterocycles. The van der Waals surface area contributed by atoms with Gasteiger partial charge < -0.3 is 9.84 Å². The first-order valence-corrected chi connectivity index (χ1v) is 9.93. The molecule has 1 aromatic rings. The van der Waals surface area contributed by atoms with E-state index >= 15 is 0 Å². The first kappa shape index (κ1) is 17.5. The molecule has 1 N–H and O–H groups in total. The van der Waals surface area contributed by atoms with Gasteiger partial charge in [-0.1, -0.05) is 27.7 Å². The van der Waals surface area contributed by atoms with E-state index in [1.807, 2.05) is 25.3 Å². The molecule has 138 valence electrons. The zero-order valence-corrected chi connectivity index (χ0v) is 16.5. The van der Waals surface area contributed by atoms with Gasteiger partial charge >= 0.3 is 0 Å². The molecule has 4 nitrogen and oxygen atoms in total. The first-order valence-electron chi connectivity index (χ1n) is 9.05. The highest BCUT2D eigenvalue weighted by Gasteiger charge is 2.47. The summed E-state index contributed by atoms with van der Waals surface area (Å²) in [5.74, 6) is 0.984. The number of Topliss-reactive ketones (excluding diaryl/α,β-unsaturated/α-hetero) is 2. The lowest BCUT2D eigenvalue weighted by Gasteiger charge is -2.39. The summed E-state index contributed by atoms with van der Waals surface area (Å²) in [4.78, 5) is 26.8. The molecule has 26 heavy (non-hydrogen) atoms. The Bertz CT molecular complexity index is 882. The molecule has 0 bridgehead atoms. The van der Waals surface area contributed by atoms with Crippen LogP contribution in [0.2, 0.25) is 0 Å². The Labute approximate surface area is 157 Å². The Kier molecular flexibility index (Phi) is 3.75. The van der Waals surface area contributed by atoms with Crippen LogP contribution in [0.1, 0.15) is 64.2 Å². The topological polar surface area (TPSA) is 63.6 Å². The first-order chi connectivity index (χ1) is 12.1. The number of aliphatic hydroxyl groups excluding tert-OH is 1. The van der Waals surface area contributed by atoms with Gasteiger partial charge in [-0.05, 0) is 22.3 Å². The Morgan fingerprint density at radius 1 is 1.00 bits per heavy atom. The Morgan fingerprint density at radius 2 is 1.62 bits per heavy atom. The van der Waals surface area contributed by atoms with E-state index in [4.69, 9.17) is 4.74 Å². The number of rotatable bonds is 1. The molecule has 0 aromatic carbocycles. The second-order valence-electron chi connectivity index (χ2n) is 9.26. The summed E-state index contributed by atoms with van der Waals surface area (Å²) >= 11 is 1.48. The Morgan fingerprint density at radius 3 is 2.27 bits per heavy atom. The highest BCUT2D eigenvalue weighted by molar-refractivity contribution is 7.10. The molecule has 0 saturated heterocycles. The Hall–Kier alpha value is -1.88. The van der Waals surface area contributed by atoms with E-state index < -0.39 is 5.92 Å². The zero-order chi connectivity index (χ0) is 18.9. The van der Waals surface area contributed by atoms with Gasteiger partial charge in [0.2, 0.25) is 0 Å². The van der Waals surface area contributed by atoms with Crippen LogP contribution in [0.4, 0.5) is 0 Å². The molecule has 4 rings (SSSR count). The smallest absolute Gasteiger partial charge is 0.163 e. The lowest BCUT2D eigenvalue weighted by molar-refractivity contribution is -0.119. The lowest BCUT2D eigenvalue weighted by Crippen LogP contribution is -2.35. The fraction of sp³-hybridized carbons (Fsp3) is 0.524. The highest BCUT2D eigenvalue weighted by atomic mass is 32.1. The monoisotopic (exact) mass is 372 g/mol. The minimum absolute atomic E-state index is 0.0261. The van der Waals surface area contributed by atoms with Gasteiger partial charge in [-0.2, -0.15) is 0 Å². The number of fused-ring (bicyclic) bond motifs is 1. The number of hydrogen-bond donors (Lipinski definition) is 1. The summed E-state index contributed by atoms with van der Waals surface area (Å²) in [7, 11) is 0. The van der Waals surface area contributed by atoms with Crippen molar-refractivity contribution < 1.29 is 19.4 Å². The summed E-state index contributed by atoms with van der Waals surface area (Å²) in [6.45, 7) is 8.08. The summed E-state index contributed by atoms with van der Waals surface area (Å²) in [6.07, 6.45) is 1.93. The van der Waals surface area contributed by atoms with Crippen molar-refractivity contribution in [2.24, 2.45) is 10.8 Å². The van der Waals surface area contributed by atoms with E-state index in [0.717, 1.165) is 4.88 Å². The second-order valence-corrected chi connectivity index (χ2v) is 10.2. The minimum atomic E-state index is -0.485. The van der Waals surface area contributed by atoms with E-state index in [-0.39, 0.29) is 28.2 Å². The average Bonchev–Trinajstić information content (AvgIpc) is 2.90. The van der Waals surface area contributed by atoms with Gasteiger partial charge in [0.1, 0.15) is 17.3 Å². The maximum absolute atomic E-state index is 13.0. The second kappa shape index (κ2) is 5.56. The van der Waals surface area contributed by atoms with Crippen LogP contribution in [-0.4, -0.2) is 16.7 Å². The SMILES string of the molecule is CC1(C)CC(=O)C(C2C3=C(CC(C)(C)CC3=O)Oc3ccsc32)=C(O)C1. The predicted molar refractivity (Wildman–Crippen MR) is 100 cm³/mol. The lowest BCUT2D eigenvalue weighted by atomic mass is 9.67. The van der Waals surface area contributed by atoms with Crippen molar-refractivity contribution in [2.45, 2.75) is 59.3 Å². The number of thiophene rings is 1. The summed E-state index contributed by atoms with van der Waals surface area (Å²) in [5, 5.41) is 12.7. The fourth-order valence-electron chi connectivity index (χ4n) is 4.46. The zero-order valence-electron chi connectivity index (χ0n) is 15.6. The number of hydrogen-bond acceptors (Lipinski definition) is 5. The molecule has 0 amide bonds. The van der Waals surface area contributed by atoms with E-state index in [1.54, 1.807) is 0 Å². The van der Waals surface area contributed by atoms with Crippen molar-refractivity contribution in [3.8, 4) is 5.75 Å². The van der Waals surface area contributed by atoms with Crippen LogP contribution in [0, 0.1) is 10.8 Å². The van der Waals surface area contributed by atoms with E-state index in [9.17, 15) is 14.7 Å². The minimum Gasteiger partial charge on any atom is -0.512 e. The molecule has 0 spiro atoms. The third kappa shape index (κ3) is 2.73. The summed E-state index contributed by atoms with van der Waals surface area (Å²) in [5.41, 5.74) is 0.554. The molecule has 0 fully saturated rings. The van der Waals surface area contributed by atoms with Gasteiger partial charge in [0, 0.05) is 36.8 Å². The molecule has 0 radical (unpaired) electrons. The van der Waals surface area contributed by atoms with Gasteiger partial charge in [0.05, 0.1) is 10.8 Å². The maximum Gasteiger partial charge on any atom is 0.163 e. The van der Waals surface area contributed by atoms with Crippen LogP contribution in [-0.2, 0) is 9.59 Å². The molecular formula is C21H24O4S. The van der Waals surface area contributed by atoms with Gasteiger partial charge in [-0.3, -0.25) is 9.59 Å². The summed E-state index contributed by atoms with van der Waals surface area (Å²) in [6, 6.07) is 1.89. The third-order valence-electron chi connectivity index (χ3n) is 5.51. The maximum atomic E-state index is 13.0. The number of aliphatic hydroxyl groups is 1. The molecule has 2 heterocycles. The van der Waals surface area contributed by atoms with Crippen LogP contribution < -0.4 is 4.74 Å². The van der Waals surface area contributed by atoms with Crippen LogP contribution in [0.25, 0.3) is 0 Å². The van der Waals surface area contributed by atoms with Crippen LogP contribution in [0.3, 0.4) is 0 Å². The largest absolute Gasteiger partial charge is 0.512 e. The van der Waals surface area contributed by atoms with Crippen molar-refractivity contribution in [1.29, 1.82) is 0 Å². The molecule has 5 heteroatoms. The van der Waals surface area contributed by atoms with Crippen molar-refractivity contribution in [3.05, 3.63) is 39.0 Å². The normalized spacial score (nSPS) is 27.2. The van der Waals surface area contributed by atoms with Crippen LogP contribution >= 0.6 is 11.3 Å². The van der Waals surface area contributed by atoms with Crippen molar-refractivity contribution in [2.75, 3.05) is 0 Å². The van der Waals surface area contributed by atoms with E-state index in [0.29, 0.717) is 48.3 Å². The third-order valence-corrected chi connectivity index (χ3v) is 6.47. The molecule has 2 aliphatic carbocycles. The number of carbonyl (C=O) groups excluding carboxylic acids is 2. The summed E-state index contributed by atoms with van der Waals surface area (Å²) < 4.78 is 6.07. The Balaban J connectivity index is 1.91. The molecule has 3 aliphatic rings. The molecular weight excluding hydrogens is 348 g/mol. The predicted octanol–water partition coefficient (Wildman–Crippen LogP) is 5.07. The van der Waals surface area contributed by atoms with Gasteiger partial charge in [-0.15, -0.1) is 11.3 Å².